The van der Waals surface area contributed by atoms with Crippen molar-refractivity contribution in [2.75, 3.05) is 18.0 Å². The van der Waals surface area contributed by atoms with Gasteiger partial charge in [-0.15, -0.1) is 0 Å². The fourth-order valence-electron chi connectivity index (χ4n) is 3.60. The summed E-state index contributed by atoms with van der Waals surface area (Å²) >= 11 is 0. The molecule has 0 saturated carbocycles. The van der Waals surface area contributed by atoms with Crippen LogP contribution in [0.5, 0.6) is 5.75 Å². The molecule has 0 aliphatic carbocycles. The fraction of sp³-hybridized carbons (Fsp3) is 0.269. The largest absolute Gasteiger partial charge is 0.497 e. The van der Waals surface area contributed by atoms with Gasteiger partial charge < -0.3 is 10.1 Å². The van der Waals surface area contributed by atoms with Gasteiger partial charge in [-0.1, -0.05) is 44.2 Å². The van der Waals surface area contributed by atoms with Crippen molar-refractivity contribution in [3.8, 4) is 5.75 Å². The number of hydrogen-bond donors (Lipinski definition) is 1. The highest BCUT2D eigenvalue weighted by Crippen LogP contribution is 2.26. The molecule has 0 aromatic heterocycles. The van der Waals surface area contributed by atoms with Gasteiger partial charge in [-0.05, 0) is 66.4 Å². The maximum absolute atomic E-state index is 13.5. The zero-order chi connectivity index (χ0) is 24.7. The van der Waals surface area contributed by atoms with E-state index in [0.717, 1.165) is 9.87 Å². The first-order valence-corrected chi connectivity index (χ1v) is 12.4. The second kappa shape index (κ2) is 11.2. The van der Waals surface area contributed by atoms with Crippen LogP contribution in [0.3, 0.4) is 0 Å². The minimum Gasteiger partial charge on any atom is -0.497 e. The molecule has 0 unspecified atom stereocenters. The van der Waals surface area contributed by atoms with Crippen LogP contribution in [0.2, 0.25) is 0 Å². The molecule has 1 amide bonds. The Labute approximate surface area is 200 Å². The normalized spacial score (nSPS) is 12.3. The lowest BCUT2D eigenvalue weighted by Crippen LogP contribution is -2.42. The van der Waals surface area contributed by atoms with Gasteiger partial charge in [0.15, 0.2) is 0 Å². The second-order valence-corrected chi connectivity index (χ2v) is 10.2. The number of benzene rings is 3. The van der Waals surface area contributed by atoms with Crippen molar-refractivity contribution in [3.63, 3.8) is 0 Å². The van der Waals surface area contributed by atoms with Crippen molar-refractivity contribution in [3.05, 3.63) is 90.2 Å². The van der Waals surface area contributed by atoms with Crippen molar-refractivity contribution in [1.82, 2.24) is 5.32 Å². The van der Waals surface area contributed by atoms with Crippen molar-refractivity contribution in [2.45, 2.75) is 31.2 Å². The Hall–Kier alpha value is -3.39. The Morgan fingerprint density at radius 3 is 2.15 bits per heavy atom. The maximum atomic E-state index is 13.5. The van der Waals surface area contributed by atoms with Crippen LogP contribution in [0, 0.1) is 11.7 Å². The molecular formula is C26H29FN2O4S. The van der Waals surface area contributed by atoms with Crippen molar-refractivity contribution in [2.24, 2.45) is 5.92 Å². The van der Waals surface area contributed by atoms with Crippen LogP contribution in [-0.2, 0) is 14.8 Å². The summed E-state index contributed by atoms with van der Waals surface area (Å²) < 4.78 is 46.5. The Balaban J connectivity index is 1.89. The molecule has 0 saturated heterocycles. The first kappa shape index (κ1) is 25.2. The highest BCUT2D eigenvalue weighted by molar-refractivity contribution is 7.92. The Kier molecular flexibility index (Phi) is 8.28. The number of halogens is 1. The van der Waals surface area contributed by atoms with Gasteiger partial charge >= 0.3 is 0 Å². The molecule has 0 heterocycles. The number of anilines is 1. The van der Waals surface area contributed by atoms with E-state index >= 15 is 0 Å². The summed E-state index contributed by atoms with van der Waals surface area (Å²) in [6, 6.07) is 20.0. The molecule has 0 aliphatic heterocycles. The highest BCUT2D eigenvalue weighted by atomic mass is 32.2. The average Bonchev–Trinajstić information content (AvgIpc) is 2.83. The Morgan fingerprint density at radius 1 is 0.971 bits per heavy atom. The monoisotopic (exact) mass is 484 g/mol. The standard InChI is InChI=1S/C26H29FN2O4S/c1-19(2)17-25(20-9-15-23(33-3)16-10-20)28-26(30)18-29(22-13-11-21(27)12-14-22)34(31,32)24-7-5-4-6-8-24/h4-16,19,25H,17-18H2,1-3H3,(H,28,30)/t25-/m1/s1. The van der Waals surface area contributed by atoms with Gasteiger partial charge in [0.2, 0.25) is 5.91 Å². The minimum atomic E-state index is -4.06. The maximum Gasteiger partial charge on any atom is 0.264 e. The summed E-state index contributed by atoms with van der Waals surface area (Å²) in [4.78, 5) is 13.2. The molecule has 0 radical (unpaired) electrons. The van der Waals surface area contributed by atoms with Gasteiger partial charge in [-0.25, -0.2) is 12.8 Å². The van der Waals surface area contributed by atoms with Gasteiger partial charge in [0, 0.05) is 0 Å². The van der Waals surface area contributed by atoms with Crippen molar-refractivity contribution in [1.29, 1.82) is 0 Å². The van der Waals surface area contributed by atoms with Crippen LogP contribution in [-0.4, -0.2) is 28.0 Å². The van der Waals surface area contributed by atoms with Gasteiger partial charge in [-0.2, -0.15) is 0 Å². The molecule has 0 bridgehead atoms. The SMILES string of the molecule is COc1ccc([C@@H](CC(C)C)NC(=O)CN(c2ccc(F)cc2)S(=O)(=O)c2ccccc2)cc1. The van der Waals surface area contributed by atoms with Gasteiger partial charge in [0.05, 0.1) is 23.7 Å². The average molecular weight is 485 g/mol. The molecule has 1 N–H and O–H groups in total. The Bertz CT molecular complexity index is 1180. The lowest BCUT2D eigenvalue weighted by molar-refractivity contribution is -0.120. The van der Waals surface area contributed by atoms with Gasteiger partial charge in [0.1, 0.15) is 18.1 Å². The van der Waals surface area contributed by atoms with Gasteiger partial charge in [0.25, 0.3) is 10.0 Å². The summed E-state index contributed by atoms with van der Waals surface area (Å²) in [5, 5.41) is 2.98. The molecule has 3 aromatic rings. The van der Waals surface area contributed by atoms with Crippen LogP contribution in [0.1, 0.15) is 31.9 Å². The molecule has 180 valence electrons. The molecule has 1 atom stereocenters. The van der Waals surface area contributed by atoms with E-state index < -0.39 is 28.3 Å². The molecule has 0 aliphatic rings. The fourth-order valence-corrected chi connectivity index (χ4v) is 5.04. The number of hydrogen-bond acceptors (Lipinski definition) is 4. The number of nitrogens with one attached hydrogen (secondary N) is 1. The quantitative estimate of drug-likeness (QED) is 0.443. The van der Waals surface area contributed by atoms with Crippen LogP contribution in [0.25, 0.3) is 0 Å². The summed E-state index contributed by atoms with van der Waals surface area (Å²) in [5.74, 6) is 0.0236. The van der Waals surface area contributed by atoms with Crippen molar-refractivity contribution < 1.29 is 22.3 Å². The van der Waals surface area contributed by atoms with E-state index in [1.165, 1.54) is 36.4 Å². The second-order valence-electron chi connectivity index (χ2n) is 8.32. The predicted octanol–water partition coefficient (Wildman–Crippen LogP) is 4.93. The van der Waals surface area contributed by atoms with Crippen LogP contribution < -0.4 is 14.4 Å². The third kappa shape index (κ3) is 6.35. The van der Waals surface area contributed by atoms with E-state index in [0.29, 0.717) is 12.2 Å². The van der Waals surface area contributed by atoms with E-state index in [4.69, 9.17) is 4.74 Å². The Morgan fingerprint density at radius 2 is 1.59 bits per heavy atom. The third-order valence-corrected chi connectivity index (χ3v) is 7.08. The number of rotatable bonds is 10. The number of nitrogens with zero attached hydrogens (tertiary/aromatic N) is 1. The van der Waals surface area contributed by atoms with E-state index in [1.807, 2.05) is 38.1 Å². The molecule has 3 rings (SSSR count). The number of sulfonamides is 1. The van der Waals surface area contributed by atoms with Crippen LogP contribution >= 0.6 is 0 Å². The molecular weight excluding hydrogens is 455 g/mol. The topological polar surface area (TPSA) is 75.7 Å². The lowest BCUT2D eigenvalue weighted by Gasteiger charge is -2.26. The zero-order valence-electron chi connectivity index (χ0n) is 19.4. The molecule has 3 aromatic carbocycles. The smallest absolute Gasteiger partial charge is 0.264 e. The number of ether oxygens (including phenoxy) is 1. The number of methoxy groups -OCH3 is 1. The van der Waals surface area contributed by atoms with Crippen molar-refractivity contribution >= 4 is 21.6 Å². The molecule has 6 nitrogen and oxygen atoms in total. The van der Waals surface area contributed by atoms with Crippen LogP contribution in [0.15, 0.2) is 83.8 Å². The van der Waals surface area contributed by atoms with E-state index in [1.54, 1.807) is 25.3 Å². The predicted molar refractivity (Wildman–Crippen MR) is 131 cm³/mol. The highest BCUT2D eigenvalue weighted by Gasteiger charge is 2.28. The minimum absolute atomic E-state index is 0.0426. The summed E-state index contributed by atoms with van der Waals surface area (Å²) in [5.41, 5.74) is 1.09. The zero-order valence-corrected chi connectivity index (χ0v) is 20.3. The number of carbonyl (C=O) groups is 1. The summed E-state index contributed by atoms with van der Waals surface area (Å²) in [6.45, 7) is 3.65. The molecule has 0 fully saturated rings. The number of carbonyl (C=O) groups excluding carboxylic acids is 1. The first-order chi connectivity index (χ1) is 16.2. The summed E-state index contributed by atoms with van der Waals surface area (Å²) in [6.07, 6.45) is 0.667. The van der Waals surface area contributed by atoms with Gasteiger partial charge in [-0.3, -0.25) is 9.10 Å². The number of amides is 1. The molecule has 34 heavy (non-hydrogen) atoms. The van der Waals surface area contributed by atoms with E-state index in [9.17, 15) is 17.6 Å². The summed E-state index contributed by atoms with van der Waals surface area (Å²) in [7, 11) is -2.48. The van der Waals surface area contributed by atoms with Crippen LogP contribution in [0.4, 0.5) is 10.1 Å². The first-order valence-electron chi connectivity index (χ1n) is 11.0. The van der Waals surface area contributed by atoms with E-state index in [2.05, 4.69) is 5.32 Å². The van der Waals surface area contributed by atoms with E-state index in [-0.39, 0.29) is 22.5 Å². The lowest BCUT2D eigenvalue weighted by atomic mass is 9.97. The molecule has 0 spiro atoms. The third-order valence-electron chi connectivity index (χ3n) is 5.29. The molecule has 8 heteroatoms.